The van der Waals surface area contributed by atoms with Crippen LogP contribution < -0.4 is 5.32 Å². The predicted molar refractivity (Wildman–Crippen MR) is 78.9 cm³/mol. The lowest BCUT2D eigenvalue weighted by molar-refractivity contribution is 0.482. The quantitative estimate of drug-likeness (QED) is 0.655. The van der Waals surface area contributed by atoms with Crippen LogP contribution in [0.25, 0.3) is 0 Å². The molecular weight excluding hydrogens is 226 g/mol. The topological polar surface area (TPSA) is 12.0 Å². The summed E-state index contributed by atoms with van der Waals surface area (Å²) >= 11 is 1.91. The lowest BCUT2D eigenvalue weighted by Gasteiger charge is -2.13. The standard InChI is InChI=1S/C15H27NS/c1-5-6-7-8-9-12(2)16-11-15-10-13(3)17-14(15)4/h10,12,16H,5-9,11H2,1-4H3. The zero-order chi connectivity index (χ0) is 12.7. The van der Waals surface area contributed by atoms with E-state index in [0.29, 0.717) is 6.04 Å². The molecule has 0 amide bonds. The number of nitrogens with one attached hydrogen (secondary N) is 1. The van der Waals surface area contributed by atoms with Gasteiger partial charge >= 0.3 is 0 Å². The molecule has 0 bridgehead atoms. The van der Waals surface area contributed by atoms with Crippen molar-refractivity contribution in [1.29, 1.82) is 0 Å². The van der Waals surface area contributed by atoms with Gasteiger partial charge in [0, 0.05) is 22.3 Å². The third-order valence-corrected chi connectivity index (χ3v) is 4.28. The molecule has 0 spiro atoms. The molecule has 2 heteroatoms. The summed E-state index contributed by atoms with van der Waals surface area (Å²) in [5.41, 5.74) is 1.48. The molecule has 0 radical (unpaired) electrons. The van der Waals surface area contributed by atoms with Gasteiger partial charge in [-0.3, -0.25) is 0 Å². The molecule has 1 aromatic heterocycles. The molecule has 0 aliphatic heterocycles. The smallest absolute Gasteiger partial charge is 0.0218 e. The predicted octanol–water partition coefficient (Wildman–Crippen LogP) is 4.81. The zero-order valence-corrected chi connectivity index (χ0v) is 12.6. The number of unbranched alkanes of at least 4 members (excludes halogenated alkanes) is 3. The molecule has 1 aromatic rings. The first-order chi connectivity index (χ1) is 8.13. The molecule has 1 atom stereocenters. The summed E-state index contributed by atoms with van der Waals surface area (Å²) in [6.45, 7) is 10.0. The molecule has 1 rings (SSSR count). The van der Waals surface area contributed by atoms with Crippen LogP contribution in [0.15, 0.2) is 6.07 Å². The minimum atomic E-state index is 0.645. The van der Waals surface area contributed by atoms with Crippen molar-refractivity contribution in [2.45, 2.75) is 72.4 Å². The first-order valence-electron chi connectivity index (χ1n) is 6.92. The summed E-state index contributed by atoms with van der Waals surface area (Å²) in [4.78, 5) is 2.89. The number of hydrogen-bond acceptors (Lipinski definition) is 2. The summed E-state index contributed by atoms with van der Waals surface area (Å²) in [7, 11) is 0. The largest absolute Gasteiger partial charge is 0.310 e. The normalized spacial score (nSPS) is 12.9. The van der Waals surface area contributed by atoms with Gasteiger partial charge in [0.1, 0.15) is 0 Å². The van der Waals surface area contributed by atoms with Gasteiger partial charge in [-0.2, -0.15) is 0 Å². The van der Waals surface area contributed by atoms with Crippen molar-refractivity contribution in [2.24, 2.45) is 0 Å². The van der Waals surface area contributed by atoms with E-state index in [-0.39, 0.29) is 0 Å². The maximum atomic E-state index is 3.64. The van der Waals surface area contributed by atoms with Gasteiger partial charge < -0.3 is 5.32 Å². The molecule has 0 aromatic carbocycles. The molecular formula is C15H27NS. The van der Waals surface area contributed by atoms with Crippen LogP contribution in [0.2, 0.25) is 0 Å². The van der Waals surface area contributed by atoms with Gasteiger partial charge in [0.05, 0.1) is 0 Å². The average Bonchev–Trinajstić information content (AvgIpc) is 2.61. The Kier molecular flexibility index (Phi) is 6.83. The first kappa shape index (κ1) is 14.7. The number of aryl methyl sites for hydroxylation is 2. The maximum absolute atomic E-state index is 3.64. The van der Waals surface area contributed by atoms with Crippen LogP contribution in [0.1, 0.15) is 61.3 Å². The third kappa shape index (κ3) is 5.69. The van der Waals surface area contributed by atoms with Crippen LogP contribution in [0.3, 0.4) is 0 Å². The minimum Gasteiger partial charge on any atom is -0.310 e. The van der Waals surface area contributed by atoms with Crippen LogP contribution in [0.4, 0.5) is 0 Å². The van der Waals surface area contributed by atoms with Crippen molar-refractivity contribution in [3.05, 3.63) is 21.4 Å². The van der Waals surface area contributed by atoms with Gasteiger partial charge in [-0.25, -0.2) is 0 Å². The van der Waals surface area contributed by atoms with Crippen molar-refractivity contribution < 1.29 is 0 Å². The fraction of sp³-hybridized carbons (Fsp3) is 0.733. The second-order valence-electron chi connectivity index (χ2n) is 5.07. The Morgan fingerprint density at radius 1 is 1.24 bits per heavy atom. The van der Waals surface area contributed by atoms with Gasteiger partial charge in [-0.15, -0.1) is 11.3 Å². The first-order valence-corrected chi connectivity index (χ1v) is 7.74. The van der Waals surface area contributed by atoms with E-state index in [4.69, 9.17) is 0 Å². The van der Waals surface area contributed by atoms with E-state index in [1.165, 1.54) is 47.4 Å². The summed E-state index contributed by atoms with van der Waals surface area (Å²) in [5.74, 6) is 0. The van der Waals surface area contributed by atoms with Crippen LogP contribution in [-0.4, -0.2) is 6.04 Å². The fourth-order valence-electron chi connectivity index (χ4n) is 2.12. The molecule has 0 fully saturated rings. The van der Waals surface area contributed by atoms with Crippen LogP contribution in [0.5, 0.6) is 0 Å². The Balaban J connectivity index is 2.19. The molecule has 98 valence electrons. The van der Waals surface area contributed by atoms with E-state index in [2.05, 4.69) is 39.1 Å². The van der Waals surface area contributed by atoms with E-state index < -0.39 is 0 Å². The van der Waals surface area contributed by atoms with Gasteiger partial charge in [-0.1, -0.05) is 32.6 Å². The molecule has 1 N–H and O–H groups in total. The molecule has 1 heterocycles. The molecule has 0 saturated carbocycles. The van der Waals surface area contributed by atoms with Crippen LogP contribution >= 0.6 is 11.3 Å². The lowest BCUT2D eigenvalue weighted by Crippen LogP contribution is -2.25. The Labute approximate surface area is 111 Å². The highest BCUT2D eigenvalue weighted by Crippen LogP contribution is 2.20. The molecule has 1 nitrogen and oxygen atoms in total. The van der Waals surface area contributed by atoms with Crippen molar-refractivity contribution in [3.63, 3.8) is 0 Å². The number of thiophene rings is 1. The van der Waals surface area contributed by atoms with Crippen LogP contribution in [-0.2, 0) is 6.54 Å². The average molecular weight is 253 g/mol. The number of rotatable bonds is 8. The zero-order valence-electron chi connectivity index (χ0n) is 11.8. The molecule has 1 unspecified atom stereocenters. The highest BCUT2D eigenvalue weighted by atomic mass is 32.1. The lowest BCUT2D eigenvalue weighted by atomic mass is 10.1. The van der Waals surface area contributed by atoms with Gasteiger partial charge in [0.15, 0.2) is 0 Å². The summed E-state index contributed by atoms with van der Waals surface area (Å²) in [6, 6.07) is 2.96. The molecule has 0 aliphatic carbocycles. The van der Waals surface area contributed by atoms with Crippen molar-refractivity contribution in [3.8, 4) is 0 Å². The molecule has 17 heavy (non-hydrogen) atoms. The van der Waals surface area contributed by atoms with E-state index >= 15 is 0 Å². The van der Waals surface area contributed by atoms with Crippen molar-refractivity contribution in [1.82, 2.24) is 5.32 Å². The van der Waals surface area contributed by atoms with E-state index in [9.17, 15) is 0 Å². The van der Waals surface area contributed by atoms with Gasteiger partial charge in [0.25, 0.3) is 0 Å². The summed E-state index contributed by atoms with van der Waals surface area (Å²) < 4.78 is 0. The van der Waals surface area contributed by atoms with Crippen molar-refractivity contribution in [2.75, 3.05) is 0 Å². The molecule has 0 aliphatic rings. The fourth-order valence-corrected chi connectivity index (χ4v) is 3.07. The van der Waals surface area contributed by atoms with Gasteiger partial charge in [0.2, 0.25) is 0 Å². The second-order valence-corrected chi connectivity index (χ2v) is 6.53. The minimum absolute atomic E-state index is 0.645. The highest BCUT2D eigenvalue weighted by molar-refractivity contribution is 7.12. The Bertz CT molecular complexity index is 317. The Hall–Kier alpha value is -0.340. The SMILES string of the molecule is CCCCCCC(C)NCc1cc(C)sc1C. The molecule has 0 saturated heterocycles. The van der Waals surface area contributed by atoms with E-state index in [1.807, 2.05) is 11.3 Å². The Morgan fingerprint density at radius 2 is 2.00 bits per heavy atom. The highest BCUT2D eigenvalue weighted by Gasteiger charge is 2.05. The maximum Gasteiger partial charge on any atom is 0.0218 e. The van der Waals surface area contributed by atoms with Crippen LogP contribution in [0, 0.1) is 13.8 Å². The van der Waals surface area contributed by atoms with Gasteiger partial charge in [-0.05, 0) is 38.8 Å². The second kappa shape index (κ2) is 7.88. The van der Waals surface area contributed by atoms with E-state index in [0.717, 1.165) is 6.54 Å². The third-order valence-electron chi connectivity index (χ3n) is 3.28. The summed E-state index contributed by atoms with van der Waals surface area (Å²) in [5, 5.41) is 3.64. The monoisotopic (exact) mass is 253 g/mol. The summed E-state index contributed by atoms with van der Waals surface area (Å²) in [6.07, 6.45) is 6.77. The van der Waals surface area contributed by atoms with E-state index in [1.54, 1.807) is 0 Å². The van der Waals surface area contributed by atoms with Crippen molar-refractivity contribution >= 4 is 11.3 Å². The Morgan fingerprint density at radius 3 is 2.59 bits per heavy atom. The number of hydrogen-bond donors (Lipinski definition) is 1.